The number of imidazole rings is 1. The van der Waals surface area contributed by atoms with Crippen LogP contribution in [0.4, 0.5) is 10.3 Å². The first-order valence-electron chi connectivity index (χ1n) is 5.75. The topological polar surface area (TPSA) is 82.5 Å². The maximum atomic E-state index is 13.8. The van der Waals surface area contributed by atoms with E-state index in [9.17, 15) is 9.18 Å². The van der Waals surface area contributed by atoms with Gasteiger partial charge in [-0.25, -0.2) is 18.8 Å². The van der Waals surface area contributed by atoms with Crippen molar-refractivity contribution in [3.05, 3.63) is 47.0 Å². The molecule has 2 N–H and O–H groups in total. The molecule has 7 heteroatoms. The van der Waals surface area contributed by atoms with Gasteiger partial charge >= 0.3 is 5.97 Å². The number of nitrogens with two attached hydrogens (primary N) is 1. The smallest absolute Gasteiger partial charge is 0.338 e. The summed E-state index contributed by atoms with van der Waals surface area (Å²) in [7, 11) is 1.23. The first kappa shape index (κ1) is 13.7. The average molecular weight is 276 g/mol. The molecule has 0 aliphatic heterocycles. The molecule has 0 atom stereocenters. The van der Waals surface area contributed by atoms with Crippen LogP contribution in [0.1, 0.15) is 21.6 Å². The molecule has 0 unspecified atom stereocenters. The van der Waals surface area contributed by atoms with Crippen LogP contribution in [0, 0.1) is 12.7 Å². The zero-order chi connectivity index (χ0) is 14.7. The Balaban J connectivity index is 2.43. The lowest BCUT2D eigenvalue weighted by Gasteiger charge is -2.04. The highest BCUT2D eigenvalue weighted by atomic mass is 19.1. The Morgan fingerprint density at radius 3 is 2.90 bits per heavy atom. The molecule has 0 aliphatic carbocycles. The second-order valence-electron chi connectivity index (χ2n) is 4.02. The molecule has 1 aromatic heterocycles. The van der Waals surface area contributed by atoms with Gasteiger partial charge in [0.15, 0.2) is 0 Å². The lowest BCUT2D eigenvalue weighted by molar-refractivity contribution is 0.0600. The first-order valence-corrected chi connectivity index (χ1v) is 5.75. The Labute approximate surface area is 114 Å². The highest BCUT2D eigenvalue weighted by Crippen LogP contribution is 2.13. The Kier molecular flexibility index (Phi) is 3.79. The summed E-state index contributed by atoms with van der Waals surface area (Å²) in [5.41, 5.74) is 6.42. The number of hydrogen-bond acceptors (Lipinski definition) is 5. The molecular formula is C13H13FN4O2. The molecule has 2 aromatic rings. The number of halogens is 1. The average Bonchev–Trinajstić information content (AvgIpc) is 2.74. The van der Waals surface area contributed by atoms with E-state index in [2.05, 4.69) is 14.8 Å². The molecule has 2 rings (SSSR count). The number of esters is 1. The third kappa shape index (κ3) is 2.66. The van der Waals surface area contributed by atoms with Gasteiger partial charge in [-0.2, -0.15) is 5.10 Å². The largest absolute Gasteiger partial charge is 0.465 e. The summed E-state index contributed by atoms with van der Waals surface area (Å²) in [4.78, 5) is 15.5. The van der Waals surface area contributed by atoms with E-state index in [0.717, 1.165) is 0 Å². The van der Waals surface area contributed by atoms with Gasteiger partial charge in [0.2, 0.25) is 5.95 Å². The SMILES string of the molecule is COC(=O)c1cccc(F)c1C=Nn1cc(C)nc1N. The summed E-state index contributed by atoms with van der Waals surface area (Å²) in [6.07, 6.45) is 2.80. The lowest BCUT2D eigenvalue weighted by atomic mass is 10.1. The third-order valence-electron chi connectivity index (χ3n) is 2.60. The van der Waals surface area contributed by atoms with Crippen molar-refractivity contribution in [2.75, 3.05) is 12.8 Å². The zero-order valence-electron chi connectivity index (χ0n) is 11.0. The number of benzene rings is 1. The van der Waals surface area contributed by atoms with E-state index in [0.29, 0.717) is 5.69 Å². The summed E-state index contributed by atoms with van der Waals surface area (Å²) in [5.74, 6) is -1.04. The number of aromatic nitrogens is 2. The maximum absolute atomic E-state index is 13.8. The second kappa shape index (κ2) is 5.52. The van der Waals surface area contributed by atoms with Crippen molar-refractivity contribution in [2.24, 2.45) is 5.10 Å². The summed E-state index contributed by atoms with van der Waals surface area (Å²) in [5, 5.41) is 3.99. The molecule has 6 nitrogen and oxygen atoms in total. The fourth-order valence-electron chi connectivity index (χ4n) is 1.67. The number of methoxy groups -OCH3 is 1. The normalized spacial score (nSPS) is 10.9. The molecule has 20 heavy (non-hydrogen) atoms. The van der Waals surface area contributed by atoms with Crippen molar-refractivity contribution < 1.29 is 13.9 Å². The van der Waals surface area contributed by atoms with Crippen molar-refractivity contribution >= 4 is 18.1 Å². The van der Waals surface area contributed by atoms with Crippen LogP contribution in [0.3, 0.4) is 0 Å². The first-order chi connectivity index (χ1) is 9.52. The monoisotopic (exact) mass is 276 g/mol. The Morgan fingerprint density at radius 2 is 2.30 bits per heavy atom. The predicted octanol–water partition coefficient (Wildman–Crippen LogP) is 1.58. The van der Waals surface area contributed by atoms with Gasteiger partial charge in [0.1, 0.15) is 5.82 Å². The number of nitrogen functional groups attached to an aromatic ring is 1. The highest BCUT2D eigenvalue weighted by Gasteiger charge is 2.14. The van der Waals surface area contributed by atoms with Gasteiger partial charge in [0, 0.05) is 5.56 Å². The summed E-state index contributed by atoms with van der Waals surface area (Å²) < 4.78 is 19.7. The van der Waals surface area contributed by atoms with Crippen LogP contribution in [0.25, 0.3) is 0 Å². The van der Waals surface area contributed by atoms with Crippen LogP contribution >= 0.6 is 0 Å². The summed E-state index contributed by atoms with van der Waals surface area (Å²) in [6, 6.07) is 4.11. The molecule has 0 radical (unpaired) electrons. The number of anilines is 1. The predicted molar refractivity (Wildman–Crippen MR) is 72.1 cm³/mol. The minimum atomic E-state index is -0.638. The molecular weight excluding hydrogens is 263 g/mol. The van der Waals surface area contributed by atoms with Crippen molar-refractivity contribution in [3.63, 3.8) is 0 Å². The van der Waals surface area contributed by atoms with E-state index in [1.807, 2.05) is 0 Å². The Hall–Kier alpha value is -2.70. The van der Waals surface area contributed by atoms with Gasteiger partial charge in [0.05, 0.1) is 30.8 Å². The van der Waals surface area contributed by atoms with Crippen LogP contribution in [0.15, 0.2) is 29.5 Å². The third-order valence-corrected chi connectivity index (χ3v) is 2.60. The van der Waals surface area contributed by atoms with Gasteiger partial charge < -0.3 is 10.5 Å². The number of nitrogens with zero attached hydrogens (tertiary/aromatic N) is 3. The fraction of sp³-hybridized carbons (Fsp3) is 0.154. The molecule has 0 fully saturated rings. The van der Waals surface area contributed by atoms with Crippen molar-refractivity contribution in [1.29, 1.82) is 0 Å². The molecule has 0 amide bonds. The maximum Gasteiger partial charge on any atom is 0.338 e. The van der Waals surface area contributed by atoms with Crippen LogP contribution in [-0.4, -0.2) is 29.0 Å². The fourth-order valence-corrected chi connectivity index (χ4v) is 1.67. The van der Waals surface area contributed by atoms with Crippen LogP contribution < -0.4 is 5.73 Å². The van der Waals surface area contributed by atoms with E-state index < -0.39 is 11.8 Å². The van der Waals surface area contributed by atoms with Crippen LogP contribution in [-0.2, 0) is 4.74 Å². The van der Waals surface area contributed by atoms with Gasteiger partial charge in [-0.1, -0.05) is 6.07 Å². The molecule has 0 bridgehead atoms. The number of hydrogen-bond donors (Lipinski definition) is 1. The Morgan fingerprint density at radius 1 is 1.55 bits per heavy atom. The summed E-state index contributed by atoms with van der Waals surface area (Å²) in [6.45, 7) is 1.76. The van der Waals surface area contributed by atoms with E-state index in [1.54, 1.807) is 13.1 Å². The quantitative estimate of drug-likeness (QED) is 0.681. The molecule has 1 heterocycles. The molecule has 0 aliphatic rings. The van der Waals surface area contributed by atoms with Crippen LogP contribution in [0.2, 0.25) is 0 Å². The number of aryl methyl sites for hydroxylation is 1. The molecule has 0 saturated carbocycles. The minimum Gasteiger partial charge on any atom is -0.465 e. The van der Waals surface area contributed by atoms with Gasteiger partial charge in [0.25, 0.3) is 0 Å². The van der Waals surface area contributed by atoms with Gasteiger partial charge in [-0.15, -0.1) is 0 Å². The van der Waals surface area contributed by atoms with Crippen molar-refractivity contribution in [3.8, 4) is 0 Å². The number of carbonyl (C=O) groups excluding carboxylic acids is 1. The number of rotatable bonds is 3. The minimum absolute atomic E-state index is 0.0325. The molecule has 0 spiro atoms. The zero-order valence-corrected chi connectivity index (χ0v) is 11.0. The number of carbonyl (C=O) groups is 1. The second-order valence-corrected chi connectivity index (χ2v) is 4.02. The van der Waals surface area contributed by atoms with Gasteiger partial charge in [-0.05, 0) is 19.1 Å². The molecule has 1 aromatic carbocycles. The van der Waals surface area contributed by atoms with Gasteiger partial charge in [-0.3, -0.25) is 0 Å². The van der Waals surface area contributed by atoms with Crippen LogP contribution in [0.5, 0.6) is 0 Å². The van der Waals surface area contributed by atoms with E-state index >= 15 is 0 Å². The Bertz CT molecular complexity index is 679. The number of ether oxygens (including phenoxy) is 1. The van der Waals surface area contributed by atoms with E-state index in [-0.39, 0.29) is 17.1 Å². The van der Waals surface area contributed by atoms with Crippen molar-refractivity contribution in [1.82, 2.24) is 9.66 Å². The molecule has 104 valence electrons. The highest BCUT2D eigenvalue weighted by molar-refractivity contribution is 5.99. The standard InChI is InChI=1S/C13H13FN4O2/c1-8-7-18(13(15)17-8)16-6-10-9(12(19)20-2)4-3-5-11(10)14/h3-7H,1-2H3,(H2,15,17). The lowest BCUT2D eigenvalue weighted by Crippen LogP contribution is -2.08. The van der Waals surface area contributed by atoms with E-state index in [1.165, 1.54) is 36.2 Å². The van der Waals surface area contributed by atoms with Crippen molar-refractivity contribution in [2.45, 2.75) is 6.92 Å². The van der Waals surface area contributed by atoms with E-state index in [4.69, 9.17) is 5.73 Å². The molecule has 0 saturated heterocycles. The summed E-state index contributed by atoms with van der Waals surface area (Å²) >= 11 is 0.